The molecule has 2 aromatic rings. The first-order valence-corrected chi connectivity index (χ1v) is 7.90. The zero-order valence-electron chi connectivity index (χ0n) is 12.5. The van der Waals surface area contributed by atoms with Gasteiger partial charge in [0.05, 0.1) is 12.1 Å². The van der Waals surface area contributed by atoms with Crippen molar-refractivity contribution >= 4 is 7.05 Å². The van der Waals surface area contributed by atoms with E-state index < -0.39 is 0 Å². The summed E-state index contributed by atoms with van der Waals surface area (Å²) in [4.78, 5) is 0. The van der Waals surface area contributed by atoms with E-state index in [1.165, 1.54) is 24.0 Å². The molecule has 0 radical (unpaired) electrons. The summed E-state index contributed by atoms with van der Waals surface area (Å²) in [7, 11) is 0.153. The van der Waals surface area contributed by atoms with Gasteiger partial charge in [-0.25, -0.2) is 0 Å². The highest BCUT2D eigenvalue weighted by Gasteiger charge is 2.38. The molecule has 2 aromatic carbocycles. The molecule has 0 spiro atoms. The topological polar surface area (TPSA) is 21.3 Å². The van der Waals surface area contributed by atoms with Gasteiger partial charge in [-0.1, -0.05) is 80.4 Å². The molecule has 1 N–H and O–H groups in total. The first-order valence-electron chi connectivity index (χ1n) is 7.90. The maximum Gasteiger partial charge on any atom is 0.380 e. The third-order valence-electron chi connectivity index (χ3n) is 4.09. The molecule has 21 heavy (non-hydrogen) atoms. The number of unbranched alkanes of at least 4 members (excludes halogenated alkanes) is 1. The van der Waals surface area contributed by atoms with Gasteiger partial charge < -0.3 is 9.88 Å². The molecular weight excluding hydrogens is 257 g/mol. The van der Waals surface area contributed by atoms with Gasteiger partial charge in [-0.2, -0.15) is 0 Å². The van der Waals surface area contributed by atoms with Crippen LogP contribution >= 0.6 is 0 Å². The van der Waals surface area contributed by atoms with E-state index >= 15 is 0 Å². The molecule has 0 unspecified atom stereocenters. The van der Waals surface area contributed by atoms with E-state index in [4.69, 9.17) is 4.65 Å². The number of nitrogens with one attached hydrogen (secondary N) is 1. The second-order valence-electron chi connectivity index (χ2n) is 5.65. The number of hydrogen-bond donors (Lipinski definition) is 1. The number of hydrogen-bond acceptors (Lipinski definition) is 2. The standard InChI is InChI=1S/C18H22BNO/c1-2-3-14-19-20-17(15-10-6-4-7-11-15)18(21-19)16-12-8-5-9-13-16/h4-13,17-18,20H,2-3,14H2,1H3/t17-,18+/m1/s1. The van der Waals surface area contributed by atoms with Gasteiger partial charge >= 0.3 is 7.05 Å². The molecule has 0 aromatic heterocycles. The van der Waals surface area contributed by atoms with E-state index in [2.05, 4.69) is 72.8 Å². The Morgan fingerprint density at radius 3 is 2.19 bits per heavy atom. The van der Waals surface area contributed by atoms with Crippen molar-refractivity contribution in [1.29, 1.82) is 0 Å². The van der Waals surface area contributed by atoms with Crippen LogP contribution in [0.4, 0.5) is 0 Å². The van der Waals surface area contributed by atoms with Crippen molar-refractivity contribution in [3.63, 3.8) is 0 Å². The average molecular weight is 279 g/mol. The fourth-order valence-corrected chi connectivity index (χ4v) is 2.97. The fraction of sp³-hybridized carbons (Fsp3) is 0.333. The summed E-state index contributed by atoms with van der Waals surface area (Å²) >= 11 is 0. The minimum atomic E-state index is 0.0930. The van der Waals surface area contributed by atoms with Gasteiger partial charge in [0.2, 0.25) is 0 Å². The van der Waals surface area contributed by atoms with E-state index in [1.54, 1.807) is 0 Å². The highest BCUT2D eigenvalue weighted by atomic mass is 16.5. The second kappa shape index (κ2) is 6.92. The Kier molecular flexibility index (Phi) is 4.74. The summed E-state index contributed by atoms with van der Waals surface area (Å²) in [5.41, 5.74) is 2.54. The largest absolute Gasteiger partial charge is 0.412 e. The lowest BCUT2D eigenvalue weighted by Gasteiger charge is -2.20. The lowest BCUT2D eigenvalue weighted by atomic mass is 9.77. The van der Waals surface area contributed by atoms with E-state index in [0.29, 0.717) is 0 Å². The average Bonchev–Trinajstić information content (AvgIpc) is 2.99. The Labute approximate surface area is 127 Å². The summed E-state index contributed by atoms with van der Waals surface area (Å²) in [6.45, 7) is 2.22. The third kappa shape index (κ3) is 3.37. The Morgan fingerprint density at radius 1 is 0.952 bits per heavy atom. The highest BCUT2D eigenvalue weighted by Crippen LogP contribution is 2.37. The molecule has 0 bridgehead atoms. The first-order chi connectivity index (χ1) is 10.4. The summed E-state index contributed by atoms with van der Waals surface area (Å²) < 4.78 is 6.31. The Balaban J connectivity index is 1.84. The van der Waals surface area contributed by atoms with Crippen molar-refractivity contribution < 1.29 is 4.65 Å². The lowest BCUT2D eigenvalue weighted by Crippen LogP contribution is -2.29. The molecule has 1 heterocycles. The Morgan fingerprint density at radius 2 is 1.57 bits per heavy atom. The molecule has 3 rings (SSSR count). The summed E-state index contributed by atoms with van der Waals surface area (Å²) in [5, 5.41) is 3.67. The van der Waals surface area contributed by atoms with E-state index in [0.717, 1.165) is 6.32 Å². The molecular formula is C18H22BNO. The maximum absolute atomic E-state index is 6.31. The second-order valence-corrected chi connectivity index (χ2v) is 5.65. The number of benzene rings is 2. The van der Waals surface area contributed by atoms with Crippen LogP contribution in [0, 0.1) is 0 Å². The third-order valence-corrected chi connectivity index (χ3v) is 4.09. The van der Waals surface area contributed by atoms with Crippen LogP contribution in [0.5, 0.6) is 0 Å². The quantitative estimate of drug-likeness (QED) is 0.820. The maximum atomic E-state index is 6.31. The van der Waals surface area contributed by atoms with Crippen molar-refractivity contribution in [2.75, 3.05) is 0 Å². The van der Waals surface area contributed by atoms with Crippen LogP contribution in [0.25, 0.3) is 0 Å². The summed E-state index contributed by atoms with van der Waals surface area (Å²) in [6.07, 6.45) is 3.56. The molecule has 0 aliphatic carbocycles. The van der Waals surface area contributed by atoms with Crippen molar-refractivity contribution in [2.24, 2.45) is 0 Å². The molecule has 0 amide bonds. The monoisotopic (exact) mass is 279 g/mol. The number of rotatable bonds is 5. The van der Waals surface area contributed by atoms with Crippen LogP contribution in [0.15, 0.2) is 60.7 Å². The molecule has 2 atom stereocenters. The molecule has 0 saturated carbocycles. The molecule has 1 aliphatic rings. The summed E-state index contributed by atoms with van der Waals surface area (Å²) in [5.74, 6) is 0. The first kappa shape index (κ1) is 14.4. The van der Waals surface area contributed by atoms with Crippen molar-refractivity contribution in [3.8, 4) is 0 Å². The molecule has 1 saturated heterocycles. The summed E-state index contributed by atoms with van der Waals surface area (Å²) in [6, 6.07) is 21.4. The van der Waals surface area contributed by atoms with Gasteiger partial charge in [0.25, 0.3) is 0 Å². The van der Waals surface area contributed by atoms with Gasteiger partial charge in [-0.3, -0.25) is 0 Å². The predicted molar refractivity (Wildman–Crippen MR) is 88.1 cm³/mol. The van der Waals surface area contributed by atoms with Gasteiger partial charge in [0.1, 0.15) is 0 Å². The van der Waals surface area contributed by atoms with Crippen molar-refractivity contribution in [2.45, 2.75) is 38.2 Å². The fourth-order valence-electron chi connectivity index (χ4n) is 2.97. The van der Waals surface area contributed by atoms with E-state index in [9.17, 15) is 0 Å². The van der Waals surface area contributed by atoms with Crippen LogP contribution < -0.4 is 5.23 Å². The van der Waals surface area contributed by atoms with Crippen molar-refractivity contribution in [1.82, 2.24) is 5.23 Å². The lowest BCUT2D eigenvalue weighted by molar-refractivity contribution is 0.214. The van der Waals surface area contributed by atoms with E-state index in [1.807, 2.05) is 0 Å². The minimum Gasteiger partial charge on any atom is -0.412 e. The van der Waals surface area contributed by atoms with Crippen LogP contribution in [0.2, 0.25) is 6.32 Å². The molecule has 1 aliphatic heterocycles. The smallest absolute Gasteiger partial charge is 0.380 e. The van der Waals surface area contributed by atoms with Crippen LogP contribution in [-0.2, 0) is 4.65 Å². The van der Waals surface area contributed by atoms with Gasteiger partial charge in [-0.05, 0) is 17.4 Å². The van der Waals surface area contributed by atoms with Gasteiger partial charge in [0.15, 0.2) is 0 Å². The van der Waals surface area contributed by atoms with Gasteiger partial charge in [0, 0.05) is 0 Å². The SMILES string of the molecule is CCCCB1N[C@H](c2ccccc2)[C@H](c2ccccc2)O1. The molecule has 108 valence electrons. The Bertz CT molecular complexity index is 498. The van der Waals surface area contributed by atoms with E-state index in [-0.39, 0.29) is 19.2 Å². The molecule has 1 fully saturated rings. The Hall–Kier alpha value is -1.58. The predicted octanol–water partition coefficient (Wildman–Crippen LogP) is 4.38. The van der Waals surface area contributed by atoms with Crippen LogP contribution in [-0.4, -0.2) is 7.05 Å². The van der Waals surface area contributed by atoms with Gasteiger partial charge in [-0.15, -0.1) is 0 Å². The zero-order valence-corrected chi connectivity index (χ0v) is 12.5. The van der Waals surface area contributed by atoms with Crippen LogP contribution in [0.1, 0.15) is 43.0 Å². The minimum absolute atomic E-state index is 0.0930. The van der Waals surface area contributed by atoms with Crippen molar-refractivity contribution in [3.05, 3.63) is 71.8 Å². The normalized spacial score (nSPS) is 21.7. The van der Waals surface area contributed by atoms with Crippen LogP contribution in [0.3, 0.4) is 0 Å². The highest BCUT2D eigenvalue weighted by molar-refractivity contribution is 6.49. The molecule has 3 heteroatoms. The molecule has 2 nitrogen and oxygen atoms in total. The zero-order chi connectivity index (χ0) is 14.5.